The number of hydrogen-bond donors (Lipinski definition) is 1. The minimum atomic E-state index is 0.338. The number of oxime groups is 1. The van der Waals surface area contributed by atoms with Gasteiger partial charge in [-0.15, -0.1) is 0 Å². The maximum Gasteiger partial charge on any atom is 0.188 e. The molecule has 0 saturated heterocycles. The van der Waals surface area contributed by atoms with E-state index in [1.54, 1.807) is 6.20 Å². The Balaban J connectivity index is 1.99. The van der Waals surface area contributed by atoms with Crippen molar-refractivity contribution >= 4 is 5.84 Å². The average Bonchev–Trinajstić information content (AvgIpc) is 2.50. The summed E-state index contributed by atoms with van der Waals surface area (Å²) in [5.74, 6) is 0.338. The molecule has 0 spiro atoms. The Morgan fingerprint density at radius 2 is 1.80 bits per heavy atom. The van der Waals surface area contributed by atoms with Crippen LogP contribution in [0.1, 0.15) is 64.0 Å². The molecule has 0 fully saturated rings. The second-order valence-corrected chi connectivity index (χ2v) is 5.00. The standard InChI is InChI=1S/C16H27N3O/c1-2-3-4-5-6-7-8-11-14-20-19-16(17)15-12-9-10-13-18-15/h9-10,12-13H,2-8,11,14H2,1H3,(H2,17,19). The molecule has 0 amide bonds. The van der Waals surface area contributed by atoms with Gasteiger partial charge in [0.1, 0.15) is 12.3 Å². The zero-order chi connectivity index (χ0) is 14.5. The molecule has 4 nitrogen and oxygen atoms in total. The first kappa shape index (κ1) is 16.5. The first-order valence-electron chi connectivity index (χ1n) is 7.71. The number of unbranched alkanes of at least 4 members (excludes halogenated alkanes) is 7. The number of pyridine rings is 1. The van der Waals surface area contributed by atoms with E-state index in [2.05, 4.69) is 17.1 Å². The Hall–Kier alpha value is -1.58. The molecule has 0 radical (unpaired) electrons. The van der Waals surface area contributed by atoms with Gasteiger partial charge in [0.2, 0.25) is 0 Å². The molecule has 0 aliphatic heterocycles. The molecule has 2 N–H and O–H groups in total. The lowest BCUT2D eigenvalue weighted by atomic mass is 10.1. The molecule has 0 saturated carbocycles. The molecule has 0 atom stereocenters. The summed E-state index contributed by atoms with van der Waals surface area (Å²) in [6.07, 6.45) is 11.9. The summed E-state index contributed by atoms with van der Waals surface area (Å²) in [6.45, 7) is 2.87. The van der Waals surface area contributed by atoms with Gasteiger partial charge in [0.05, 0.1) is 0 Å². The zero-order valence-electron chi connectivity index (χ0n) is 12.6. The summed E-state index contributed by atoms with van der Waals surface area (Å²) in [4.78, 5) is 9.32. The van der Waals surface area contributed by atoms with Gasteiger partial charge in [0, 0.05) is 6.20 Å². The van der Waals surface area contributed by atoms with Crippen LogP contribution in [0.5, 0.6) is 0 Å². The molecule has 0 aromatic carbocycles. The van der Waals surface area contributed by atoms with Gasteiger partial charge in [-0.05, 0) is 25.0 Å². The van der Waals surface area contributed by atoms with E-state index in [4.69, 9.17) is 10.6 Å². The van der Waals surface area contributed by atoms with Crippen molar-refractivity contribution in [3.05, 3.63) is 30.1 Å². The Labute approximate surface area is 122 Å². The van der Waals surface area contributed by atoms with E-state index in [1.165, 1.54) is 44.9 Å². The molecule has 112 valence electrons. The third kappa shape index (κ3) is 7.77. The molecule has 4 heteroatoms. The fraction of sp³-hybridized carbons (Fsp3) is 0.625. The predicted molar refractivity (Wildman–Crippen MR) is 83.5 cm³/mol. The maximum absolute atomic E-state index is 5.77. The highest BCUT2D eigenvalue weighted by molar-refractivity contribution is 5.95. The molecule has 0 aliphatic carbocycles. The van der Waals surface area contributed by atoms with Gasteiger partial charge in [-0.25, -0.2) is 0 Å². The van der Waals surface area contributed by atoms with Crippen LogP contribution in [0.2, 0.25) is 0 Å². The lowest BCUT2D eigenvalue weighted by Gasteiger charge is -2.02. The highest BCUT2D eigenvalue weighted by Gasteiger charge is 1.98. The monoisotopic (exact) mass is 277 g/mol. The van der Waals surface area contributed by atoms with Crippen molar-refractivity contribution in [2.24, 2.45) is 10.9 Å². The molecule has 1 rings (SSSR count). The third-order valence-corrected chi connectivity index (χ3v) is 3.18. The summed E-state index contributed by atoms with van der Waals surface area (Å²) in [7, 11) is 0. The first-order valence-corrected chi connectivity index (χ1v) is 7.71. The van der Waals surface area contributed by atoms with E-state index in [0.717, 1.165) is 6.42 Å². The number of hydrogen-bond acceptors (Lipinski definition) is 3. The first-order chi connectivity index (χ1) is 9.84. The van der Waals surface area contributed by atoms with Crippen molar-refractivity contribution in [3.63, 3.8) is 0 Å². The number of aromatic nitrogens is 1. The summed E-state index contributed by atoms with van der Waals surface area (Å²) < 4.78 is 0. The second-order valence-electron chi connectivity index (χ2n) is 5.00. The number of nitrogens with two attached hydrogens (primary N) is 1. The normalized spacial score (nSPS) is 11.6. The van der Waals surface area contributed by atoms with Crippen molar-refractivity contribution in [3.8, 4) is 0 Å². The number of amidine groups is 1. The topological polar surface area (TPSA) is 60.5 Å². The van der Waals surface area contributed by atoms with Crippen LogP contribution >= 0.6 is 0 Å². The predicted octanol–water partition coefficient (Wildman–Crippen LogP) is 3.86. The Kier molecular flexibility index (Phi) is 9.28. The fourth-order valence-corrected chi connectivity index (χ4v) is 1.98. The van der Waals surface area contributed by atoms with Crippen LogP contribution in [0.15, 0.2) is 29.6 Å². The molecule has 0 unspecified atom stereocenters. The molecule has 20 heavy (non-hydrogen) atoms. The zero-order valence-corrected chi connectivity index (χ0v) is 12.6. The van der Waals surface area contributed by atoms with Gasteiger partial charge in [-0.3, -0.25) is 4.98 Å². The second kappa shape index (κ2) is 11.3. The van der Waals surface area contributed by atoms with Gasteiger partial charge < -0.3 is 10.6 Å². The minimum Gasteiger partial charge on any atom is -0.394 e. The Morgan fingerprint density at radius 1 is 1.10 bits per heavy atom. The van der Waals surface area contributed by atoms with E-state index in [1.807, 2.05) is 18.2 Å². The van der Waals surface area contributed by atoms with Gasteiger partial charge in [-0.1, -0.05) is 56.7 Å². The van der Waals surface area contributed by atoms with Crippen LogP contribution in [0.25, 0.3) is 0 Å². The van der Waals surface area contributed by atoms with Crippen LogP contribution in [-0.4, -0.2) is 17.4 Å². The number of nitrogens with zero attached hydrogens (tertiary/aromatic N) is 2. The van der Waals surface area contributed by atoms with E-state index in [0.29, 0.717) is 18.1 Å². The number of rotatable bonds is 11. The van der Waals surface area contributed by atoms with Crippen molar-refractivity contribution < 1.29 is 4.84 Å². The van der Waals surface area contributed by atoms with E-state index < -0.39 is 0 Å². The largest absolute Gasteiger partial charge is 0.394 e. The molecule has 0 bridgehead atoms. The van der Waals surface area contributed by atoms with E-state index >= 15 is 0 Å². The Morgan fingerprint density at radius 3 is 2.45 bits per heavy atom. The third-order valence-electron chi connectivity index (χ3n) is 3.18. The minimum absolute atomic E-state index is 0.338. The highest BCUT2D eigenvalue weighted by Crippen LogP contribution is 2.08. The van der Waals surface area contributed by atoms with Crippen molar-refractivity contribution in [2.75, 3.05) is 6.61 Å². The summed E-state index contributed by atoms with van der Waals surface area (Å²) >= 11 is 0. The quantitative estimate of drug-likeness (QED) is 0.289. The molecular formula is C16H27N3O. The van der Waals surface area contributed by atoms with E-state index in [9.17, 15) is 0 Å². The van der Waals surface area contributed by atoms with Gasteiger partial charge in [0.15, 0.2) is 5.84 Å². The van der Waals surface area contributed by atoms with Crippen molar-refractivity contribution in [2.45, 2.75) is 58.3 Å². The van der Waals surface area contributed by atoms with E-state index in [-0.39, 0.29) is 0 Å². The van der Waals surface area contributed by atoms with Crippen LogP contribution in [0, 0.1) is 0 Å². The van der Waals surface area contributed by atoms with Gasteiger partial charge in [-0.2, -0.15) is 0 Å². The van der Waals surface area contributed by atoms with Crippen LogP contribution in [-0.2, 0) is 4.84 Å². The van der Waals surface area contributed by atoms with Crippen molar-refractivity contribution in [1.82, 2.24) is 4.98 Å². The Bertz CT molecular complexity index is 365. The van der Waals surface area contributed by atoms with Crippen molar-refractivity contribution in [1.29, 1.82) is 0 Å². The molecule has 1 aromatic rings. The van der Waals surface area contributed by atoms with Gasteiger partial charge >= 0.3 is 0 Å². The summed E-state index contributed by atoms with van der Waals surface area (Å²) in [6, 6.07) is 5.54. The molecule has 1 heterocycles. The molecule has 1 aromatic heterocycles. The highest BCUT2D eigenvalue weighted by atomic mass is 16.6. The fourth-order valence-electron chi connectivity index (χ4n) is 1.98. The maximum atomic E-state index is 5.77. The van der Waals surface area contributed by atoms with Crippen LogP contribution < -0.4 is 5.73 Å². The van der Waals surface area contributed by atoms with Gasteiger partial charge in [0.25, 0.3) is 0 Å². The lowest BCUT2D eigenvalue weighted by molar-refractivity contribution is 0.139. The summed E-state index contributed by atoms with van der Waals surface area (Å²) in [5, 5.41) is 3.88. The van der Waals surface area contributed by atoms with Crippen LogP contribution in [0.4, 0.5) is 0 Å². The lowest BCUT2D eigenvalue weighted by Crippen LogP contribution is -2.15. The summed E-state index contributed by atoms with van der Waals surface area (Å²) in [5.41, 5.74) is 6.42. The molecule has 0 aliphatic rings. The van der Waals surface area contributed by atoms with Crippen LogP contribution in [0.3, 0.4) is 0 Å². The molecular weight excluding hydrogens is 250 g/mol. The smallest absolute Gasteiger partial charge is 0.188 e. The average molecular weight is 277 g/mol. The SMILES string of the molecule is CCCCCCCCCCO/N=C(\N)c1ccccn1.